The van der Waals surface area contributed by atoms with Gasteiger partial charge in [0.25, 0.3) is 5.91 Å². The molecule has 0 aliphatic heterocycles. The summed E-state index contributed by atoms with van der Waals surface area (Å²) in [6, 6.07) is 9.89. The van der Waals surface area contributed by atoms with E-state index in [4.69, 9.17) is 5.26 Å². The van der Waals surface area contributed by atoms with Gasteiger partial charge >= 0.3 is 12.1 Å². The highest BCUT2D eigenvalue weighted by Crippen LogP contribution is 2.35. The van der Waals surface area contributed by atoms with Crippen LogP contribution >= 0.6 is 0 Å². The van der Waals surface area contributed by atoms with Crippen LogP contribution in [0.2, 0.25) is 0 Å². The third-order valence-electron chi connectivity index (χ3n) is 3.33. The number of hydrogen-bond acceptors (Lipinski definition) is 5. The summed E-state index contributed by atoms with van der Waals surface area (Å²) in [5.74, 6) is -1.29. The Morgan fingerprint density at radius 2 is 1.69 bits per heavy atom. The molecule has 0 radical (unpaired) electrons. The number of amides is 1. The van der Waals surface area contributed by atoms with Crippen LogP contribution in [-0.4, -0.2) is 19.0 Å². The third-order valence-corrected chi connectivity index (χ3v) is 3.33. The summed E-state index contributed by atoms with van der Waals surface area (Å²) in [6.07, 6.45) is -4.71. The lowest BCUT2D eigenvalue weighted by atomic mass is 10.1. The van der Waals surface area contributed by atoms with Crippen LogP contribution in [0.5, 0.6) is 0 Å². The second-order valence-corrected chi connectivity index (χ2v) is 5.02. The van der Waals surface area contributed by atoms with Gasteiger partial charge in [-0.05, 0) is 42.5 Å². The molecule has 0 saturated carbocycles. The number of nitriles is 1. The Morgan fingerprint density at radius 3 is 2.23 bits per heavy atom. The number of carbonyl (C=O) groups is 2. The maximum atomic E-state index is 13.1. The van der Waals surface area contributed by atoms with Gasteiger partial charge in [-0.15, -0.1) is 0 Å². The average molecular weight is 363 g/mol. The van der Waals surface area contributed by atoms with Crippen molar-refractivity contribution in [1.82, 2.24) is 5.43 Å². The van der Waals surface area contributed by atoms with Crippen molar-refractivity contribution in [2.75, 3.05) is 12.5 Å². The molecule has 0 unspecified atom stereocenters. The van der Waals surface area contributed by atoms with Crippen LogP contribution in [0.1, 0.15) is 31.8 Å². The Hall–Kier alpha value is -3.54. The fraction of sp³-hybridized carbons (Fsp3) is 0.118. The molecule has 0 saturated heterocycles. The highest BCUT2D eigenvalue weighted by atomic mass is 19.4. The van der Waals surface area contributed by atoms with Crippen molar-refractivity contribution in [3.05, 3.63) is 64.7 Å². The summed E-state index contributed by atoms with van der Waals surface area (Å²) in [6.45, 7) is 0. The van der Waals surface area contributed by atoms with Crippen molar-refractivity contribution in [2.24, 2.45) is 0 Å². The number of ether oxygens (including phenoxy) is 1. The van der Waals surface area contributed by atoms with Crippen molar-refractivity contribution < 1.29 is 27.5 Å². The van der Waals surface area contributed by atoms with E-state index in [-0.39, 0.29) is 16.7 Å². The maximum absolute atomic E-state index is 13.1. The van der Waals surface area contributed by atoms with Crippen LogP contribution in [-0.2, 0) is 10.9 Å². The SMILES string of the molecule is COC(=O)c1ccc(C(=O)NNc2ccc(C#N)cc2C(F)(F)F)cc1. The standard InChI is InChI=1S/C17H12F3N3O3/c1-26-16(25)12-5-3-11(4-6-12)15(24)23-22-14-7-2-10(9-21)8-13(14)17(18,19)20/h2-8,22H,1H3,(H,23,24). The van der Waals surface area contributed by atoms with Crippen LogP contribution in [0.15, 0.2) is 42.5 Å². The van der Waals surface area contributed by atoms with Crippen molar-refractivity contribution in [3.8, 4) is 6.07 Å². The number of alkyl halides is 3. The predicted molar refractivity (Wildman–Crippen MR) is 85.0 cm³/mol. The molecule has 0 spiro atoms. The fourth-order valence-electron chi connectivity index (χ4n) is 2.03. The predicted octanol–water partition coefficient (Wildman–Crippen LogP) is 3.12. The summed E-state index contributed by atoms with van der Waals surface area (Å²) in [5.41, 5.74) is 3.03. The van der Waals surface area contributed by atoms with Crippen LogP contribution in [0.25, 0.3) is 0 Å². The van der Waals surface area contributed by atoms with E-state index in [9.17, 15) is 22.8 Å². The molecule has 2 N–H and O–H groups in total. The monoisotopic (exact) mass is 363 g/mol. The smallest absolute Gasteiger partial charge is 0.418 e. The van der Waals surface area contributed by atoms with Crippen molar-refractivity contribution >= 4 is 17.6 Å². The minimum absolute atomic E-state index is 0.118. The van der Waals surface area contributed by atoms with Crippen molar-refractivity contribution in [3.63, 3.8) is 0 Å². The molecule has 0 aliphatic carbocycles. The molecule has 6 nitrogen and oxygen atoms in total. The van der Waals surface area contributed by atoms with Crippen molar-refractivity contribution in [1.29, 1.82) is 5.26 Å². The molecule has 0 bridgehead atoms. The van der Waals surface area contributed by atoms with Crippen molar-refractivity contribution in [2.45, 2.75) is 6.18 Å². The summed E-state index contributed by atoms with van der Waals surface area (Å²) in [7, 11) is 1.21. The number of hydrogen-bond donors (Lipinski definition) is 2. The largest absolute Gasteiger partial charge is 0.465 e. The summed E-state index contributed by atoms with van der Waals surface area (Å²) in [4.78, 5) is 23.4. The van der Waals surface area contributed by atoms with Gasteiger partial charge in [0, 0.05) is 5.56 Å². The summed E-state index contributed by atoms with van der Waals surface area (Å²) in [5, 5.41) is 8.72. The molecular weight excluding hydrogens is 351 g/mol. The quantitative estimate of drug-likeness (QED) is 0.643. The lowest BCUT2D eigenvalue weighted by Crippen LogP contribution is -2.30. The molecule has 0 fully saturated rings. The van der Waals surface area contributed by atoms with Gasteiger partial charge in [0.15, 0.2) is 0 Å². The number of anilines is 1. The number of hydrazine groups is 1. The third kappa shape index (κ3) is 4.30. The highest BCUT2D eigenvalue weighted by Gasteiger charge is 2.34. The molecule has 2 aromatic carbocycles. The normalized spacial score (nSPS) is 10.6. The minimum atomic E-state index is -4.71. The maximum Gasteiger partial charge on any atom is 0.418 e. The first-order valence-electron chi connectivity index (χ1n) is 7.12. The molecule has 9 heteroatoms. The topological polar surface area (TPSA) is 91.2 Å². The van der Waals surface area contributed by atoms with E-state index >= 15 is 0 Å². The van der Waals surface area contributed by atoms with Crippen LogP contribution in [0, 0.1) is 11.3 Å². The second kappa shape index (κ2) is 7.57. The molecule has 26 heavy (non-hydrogen) atoms. The number of nitrogens with one attached hydrogen (secondary N) is 2. The number of carbonyl (C=O) groups excluding carboxylic acids is 2. The van der Waals surface area contributed by atoms with Gasteiger partial charge in [-0.3, -0.25) is 15.6 Å². The Kier molecular flexibility index (Phi) is 5.47. The first-order chi connectivity index (χ1) is 12.3. The van der Waals surface area contributed by atoms with E-state index in [1.807, 2.05) is 0 Å². The van der Waals surface area contributed by atoms with Gasteiger partial charge in [0.1, 0.15) is 0 Å². The molecule has 0 heterocycles. The van der Waals surface area contributed by atoms with E-state index in [2.05, 4.69) is 15.6 Å². The number of nitrogens with zero attached hydrogens (tertiary/aromatic N) is 1. The van der Waals surface area contributed by atoms with E-state index in [0.29, 0.717) is 6.07 Å². The van der Waals surface area contributed by atoms with E-state index in [1.165, 1.54) is 37.4 Å². The molecule has 2 rings (SSSR count). The molecule has 0 aromatic heterocycles. The second-order valence-electron chi connectivity index (χ2n) is 5.02. The van der Waals surface area contributed by atoms with Gasteiger partial charge in [0.05, 0.1) is 35.6 Å². The number of benzene rings is 2. The van der Waals surface area contributed by atoms with Gasteiger partial charge < -0.3 is 4.74 Å². The molecule has 0 atom stereocenters. The number of esters is 1. The molecule has 0 aliphatic rings. The number of methoxy groups -OCH3 is 1. The van der Waals surface area contributed by atoms with Crippen LogP contribution in [0.3, 0.4) is 0 Å². The minimum Gasteiger partial charge on any atom is -0.465 e. The van der Waals surface area contributed by atoms with Crippen LogP contribution < -0.4 is 10.9 Å². The number of halogens is 3. The van der Waals surface area contributed by atoms with Gasteiger partial charge in [0.2, 0.25) is 0 Å². The average Bonchev–Trinajstić information content (AvgIpc) is 2.64. The Labute approximate surface area is 146 Å². The summed E-state index contributed by atoms with van der Waals surface area (Å²) >= 11 is 0. The number of rotatable bonds is 4. The van der Waals surface area contributed by atoms with E-state index < -0.39 is 29.3 Å². The Bertz CT molecular complexity index is 872. The van der Waals surface area contributed by atoms with E-state index in [1.54, 1.807) is 6.07 Å². The van der Waals surface area contributed by atoms with E-state index in [0.717, 1.165) is 6.07 Å². The van der Waals surface area contributed by atoms with Gasteiger partial charge in [-0.2, -0.15) is 18.4 Å². The lowest BCUT2D eigenvalue weighted by Gasteiger charge is -2.15. The highest BCUT2D eigenvalue weighted by molar-refractivity contribution is 5.96. The zero-order chi connectivity index (χ0) is 19.3. The fourth-order valence-corrected chi connectivity index (χ4v) is 2.03. The molecule has 1 amide bonds. The zero-order valence-electron chi connectivity index (χ0n) is 13.3. The van der Waals surface area contributed by atoms with Gasteiger partial charge in [-0.25, -0.2) is 4.79 Å². The molecule has 2 aromatic rings. The Morgan fingerprint density at radius 1 is 1.08 bits per heavy atom. The lowest BCUT2D eigenvalue weighted by molar-refractivity contribution is -0.137. The summed E-state index contributed by atoms with van der Waals surface area (Å²) < 4.78 is 43.7. The first kappa shape index (κ1) is 18.8. The Balaban J connectivity index is 2.15. The zero-order valence-corrected chi connectivity index (χ0v) is 13.3. The van der Waals surface area contributed by atoms with Gasteiger partial charge in [-0.1, -0.05) is 0 Å². The first-order valence-corrected chi connectivity index (χ1v) is 7.12. The van der Waals surface area contributed by atoms with Crippen LogP contribution in [0.4, 0.5) is 18.9 Å². The molecule has 134 valence electrons. The molecular formula is C17H12F3N3O3.